The second-order valence-corrected chi connectivity index (χ2v) is 11.3. The van der Waals surface area contributed by atoms with Crippen LogP contribution in [0.15, 0.2) is 109 Å². The van der Waals surface area contributed by atoms with Crippen LogP contribution in [-0.2, 0) is 19.0 Å². The molecule has 4 aromatic carbocycles. The zero-order valence-electron chi connectivity index (χ0n) is 18.0. The van der Waals surface area contributed by atoms with Crippen molar-refractivity contribution in [1.29, 1.82) is 0 Å². The summed E-state index contributed by atoms with van der Waals surface area (Å²) in [5, 5.41) is 4.35. The van der Waals surface area contributed by atoms with E-state index in [2.05, 4.69) is 123 Å². The number of aryl methyl sites for hydroxylation is 2. The van der Waals surface area contributed by atoms with Gasteiger partial charge < -0.3 is 0 Å². The highest BCUT2D eigenvalue weighted by molar-refractivity contribution is 7.95. The molecule has 150 valence electrons. The lowest BCUT2D eigenvalue weighted by Gasteiger charge is -2.28. The molecule has 4 aromatic rings. The summed E-state index contributed by atoms with van der Waals surface area (Å²) in [6.45, 7) is 4.52. The lowest BCUT2D eigenvalue weighted by molar-refractivity contribution is 1.07. The zero-order chi connectivity index (χ0) is 20.8. The first-order valence-electron chi connectivity index (χ1n) is 10.9. The van der Waals surface area contributed by atoms with Crippen molar-refractivity contribution >= 4 is 23.2 Å². The molecule has 4 rings (SSSR count). The summed E-state index contributed by atoms with van der Waals surface area (Å²) < 4.78 is 0. The molecule has 0 amide bonds. The van der Waals surface area contributed by atoms with Crippen LogP contribution >= 0.6 is 7.26 Å². The van der Waals surface area contributed by atoms with Crippen LogP contribution in [0.1, 0.15) is 30.5 Å². The van der Waals surface area contributed by atoms with Gasteiger partial charge in [0.2, 0.25) is 0 Å². The summed E-state index contributed by atoms with van der Waals surface area (Å²) in [5.41, 5.74) is 4.40. The van der Waals surface area contributed by atoms with Crippen molar-refractivity contribution in [2.24, 2.45) is 0 Å². The van der Waals surface area contributed by atoms with Gasteiger partial charge in [-0.2, -0.15) is 0 Å². The van der Waals surface area contributed by atoms with Crippen molar-refractivity contribution in [2.45, 2.75) is 32.9 Å². The zero-order valence-corrected chi connectivity index (χ0v) is 18.9. The van der Waals surface area contributed by atoms with Crippen molar-refractivity contribution < 1.29 is 0 Å². The summed E-state index contributed by atoms with van der Waals surface area (Å²) in [6, 6.07) is 40.7. The van der Waals surface area contributed by atoms with Crippen LogP contribution < -0.4 is 15.9 Å². The van der Waals surface area contributed by atoms with E-state index in [1.54, 1.807) is 0 Å². The largest absolute Gasteiger partial charge is 0.116 e. The average Bonchev–Trinajstić information content (AvgIpc) is 2.84. The van der Waals surface area contributed by atoms with E-state index in [0.717, 1.165) is 19.0 Å². The maximum absolute atomic E-state index is 2.46. The molecule has 0 aliphatic rings. The van der Waals surface area contributed by atoms with Crippen LogP contribution in [0.3, 0.4) is 0 Å². The van der Waals surface area contributed by atoms with Gasteiger partial charge in [0.15, 0.2) is 0 Å². The van der Waals surface area contributed by atoms with Crippen LogP contribution in [0.5, 0.6) is 0 Å². The number of hydrogen-bond donors (Lipinski definition) is 0. The minimum Gasteiger partial charge on any atom is -0.0620 e. The molecule has 0 fully saturated rings. The van der Waals surface area contributed by atoms with E-state index in [9.17, 15) is 0 Å². The normalized spacial score (nSPS) is 11.4. The highest BCUT2D eigenvalue weighted by atomic mass is 31.2. The second kappa shape index (κ2) is 9.41. The molecule has 0 aliphatic carbocycles. The van der Waals surface area contributed by atoms with Crippen molar-refractivity contribution in [3.05, 3.63) is 126 Å². The summed E-state index contributed by atoms with van der Waals surface area (Å²) in [7, 11) is -1.85. The fourth-order valence-electron chi connectivity index (χ4n) is 4.42. The number of hydrogen-bond acceptors (Lipinski definition) is 0. The molecular formula is C29H30P+. The molecule has 0 N–H and O–H groups in total. The standard InChI is InChI=1S/C29H30P/c1-3-24-20-21-25(4-2)26(22-24)23-30(27-14-8-5-9-15-27,28-16-10-6-11-17-28)29-18-12-7-13-19-29/h5-22H,3-4,23H2,1-2H3/q+1. The van der Waals surface area contributed by atoms with Gasteiger partial charge in [-0.1, -0.05) is 86.6 Å². The van der Waals surface area contributed by atoms with Gasteiger partial charge in [-0.25, -0.2) is 0 Å². The topological polar surface area (TPSA) is 0 Å². The van der Waals surface area contributed by atoms with Gasteiger partial charge in [-0.05, 0) is 65.9 Å². The average molecular weight is 410 g/mol. The van der Waals surface area contributed by atoms with Gasteiger partial charge >= 0.3 is 0 Å². The maximum Gasteiger partial charge on any atom is 0.116 e. The first-order chi connectivity index (χ1) is 14.8. The minimum atomic E-state index is -1.85. The van der Waals surface area contributed by atoms with Crippen molar-refractivity contribution in [3.8, 4) is 0 Å². The van der Waals surface area contributed by atoms with Gasteiger partial charge in [0.05, 0.1) is 6.16 Å². The van der Waals surface area contributed by atoms with Crippen LogP contribution in [0.4, 0.5) is 0 Å². The Morgan fingerprint density at radius 3 is 1.37 bits per heavy atom. The Morgan fingerprint density at radius 2 is 0.967 bits per heavy atom. The first-order valence-corrected chi connectivity index (χ1v) is 12.9. The van der Waals surface area contributed by atoms with E-state index >= 15 is 0 Å². The smallest absolute Gasteiger partial charge is 0.0620 e. The Kier molecular flexibility index (Phi) is 6.46. The lowest BCUT2D eigenvalue weighted by atomic mass is 10.0. The molecule has 1 heteroatoms. The number of benzene rings is 4. The van der Waals surface area contributed by atoms with E-state index in [4.69, 9.17) is 0 Å². The van der Waals surface area contributed by atoms with Crippen LogP contribution in [-0.4, -0.2) is 0 Å². The van der Waals surface area contributed by atoms with Crippen LogP contribution in [0, 0.1) is 0 Å². The summed E-state index contributed by atoms with van der Waals surface area (Å²) in [4.78, 5) is 0. The summed E-state index contributed by atoms with van der Waals surface area (Å²) in [5.74, 6) is 0. The molecule has 30 heavy (non-hydrogen) atoms. The highest BCUT2D eigenvalue weighted by Gasteiger charge is 2.45. The van der Waals surface area contributed by atoms with E-state index in [0.29, 0.717) is 0 Å². The summed E-state index contributed by atoms with van der Waals surface area (Å²) in [6.07, 6.45) is 3.20. The molecule has 0 unspecified atom stereocenters. The quantitative estimate of drug-likeness (QED) is 0.314. The third-order valence-corrected chi connectivity index (χ3v) is 10.4. The molecular weight excluding hydrogens is 379 g/mol. The molecule has 0 radical (unpaired) electrons. The van der Waals surface area contributed by atoms with E-state index in [1.807, 2.05) is 0 Å². The van der Waals surface area contributed by atoms with Crippen molar-refractivity contribution in [2.75, 3.05) is 0 Å². The molecule has 0 nitrogen and oxygen atoms in total. The van der Waals surface area contributed by atoms with Crippen LogP contribution in [0.25, 0.3) is 0 Å². The van der Waals surface area contributed by atoms with E-state index in [-0.39, 0.29) is 0 Å². The fourth-order valence-corrected chi connectivity index (χ4v) is 8.71. The van der Waals surface area contributed by atoms with Gasteiger partial charge in [0, 0.05) is 0 Å². The SMILES string of the molecule is CCc1ccc(CC)c(C[P+](c2ccccc2)(c2ccccc2)c2ccccc2)c1. The third kappa shape index (κ3) is 3.98. The van der Waals surface area contributed by atoms with Crippen molar-refractivity contribution in [1.82, 2.24) is 0 Å². The molecule has 0 aliphatic heterocycles. The van der Waals surface area contributed by atoms with E-state index < -0.39 is 7.26 Å². The first kappa shape index (κ1) is 20.6. The Labute approximate surface area is 182 Å². The minimum absolute atomic E-state index is 1.06. The highest BCUT2D eigenvalue weighted by Crippen LogP contribution is 2.58. The monoisotopic (exact) mass is 409 g/mol. The van der Waals surface area contributed by atoms with Crippen molar-refractivity contribution in [3.63, 3.8) is 0 Å². The fraction of sp³-hybridized carbons (Fsp3) is 0.172. The van der Waals surface area contributed by atoms with Gasteiger partial charge in [0.25, 0.3) is 0 Å². The Balaban J connectivity index is 2.01. The Bertz CT molecular complexity index is 972. The summed E-state index contributed by atoms with van der Waals surface area (Å²) >= 11 is 0. The predicted octanol–water partition coefficient (Wildman–Crippen LogP) is 6.31. The molecule has 0 heterocycles. The Hall–Kier alpha value is -2.69. The molecule has 0 saturated heterocycles. The predicted molar refractivity (Wildman–Crippen MR) is 134 cm³/mol. The maximum atomic E-state index is 2.46. The van der Waals surface area contributed by atoms with Crippen LogP contribution in [0.2, 0.25) is 0 Å². The Morgan fingerprint density at radius 1 is 0.500 bits per heavy atom. The van der Waals surface area contributed by atoms with Gasteiger partial charge in [-0.3, -0.25) is 0 Å². The van der Waals surface area contributed by atoms with Gasteiger partial charge in [0.1, 0.15) is 23.2 Å². The molecule has 0 atom stereocenters. The third-order valence-electron chi connectivity index (χ3n) is 6.06. The molecule has 0 aromatic heterocycles. The molecule has 0 bridgehead atoms. The van der Waals surface area contributed by atoms with E-state index in [1.165, 1.54) is 32.6 Å². The van der Waals surface area contributed by atoms with Gasteiger partial charge in [-0.15, -0.1) is 0 Å². The molecule has 0 saturated carbocycles. The number of rotatable bonds is 7. The molecule has 0 spiro atoms. The second-order valence-electron chi connectivity index (χ2n) is 7.78. The lowest BCUT2D eigenvalue weighted by Crippen LogP contribution is -2.32.